The zero-order valence-electron chi connectivity index (χ0n) is 15.7. The molecule has 0 saturated carbocycles. The highest BCUT2D eigenvalue weighted by molar-refractivity contribution is 7.88. The van der Waals surface area contributed by atoms with Gasteiger partial charge in [0.2, 0.25) is 15.9 Å². The van der Waals surface area contributed by atoms with E-state index >= 15 is 0 Å². The minimum atomic E-state index is -3.58. The molecule has 1 unspecified atom stereocenters. The SMILES string of the molecule is CN(C(C(=O)Nc1ccccc1-c1ccccc1)c1ccccc1)S(C)(=O)=O. The fourth-order valence-corrected chi connectivity index (χ4v) is 3.62. The van der Waals surface area contributed by atoms with E-state index < -0.39 is 22.0 Å². The van der Waals surface area contributed by atoms with Gasteiger partial charge in [-0.3, -0.25) is 4.79 Å². The van der Waals surface area contributed by atoms with E-state index in [4.69, 9.17) is 0 Å². The van der Waals surface area contributed by atoms with E-state index in [0.717, 1.165) is 21.7 Å². The number of amides is 1. The molecule has 1 N–H and O–H groups in total. The van der Waals surface area contributed by atoms with Crippen molar-refractivity contribution in [2.45, 2.75) is 6.04 Å². The van der Waals surface area contributed by atoms with Gasteiger partial charge in [-0.25, -0.2) is 8.42 Å². The van der Waals surface area contributed by atoms with Crippen molar-refractivity contribution in [1.82, 2.24) is 4.31 Å². The summed E-state index contributed by atoms with van der Waals surface area (Å²) in [6.07, 6.45) is 1.09. The Hall–Kier alpha value is -2.96. The van der Waals surface area contributed by atoms with Crippen LogP contribution in [0.3, 0.4) is 0 Å². The smallest absolute Gasteiger partial charge is 0.247 e. The highest BCUT2D eigenvalue weighted by atomic mass is 32.2. The Balaban J connectivity index is 1.98. The third kappa shape index (κ3) is 4.47. The van der Waals surface area contributed by atoms with Crippen molar-refractivity contribution >= 4 is 21.6 Å². The Morgan fingerprint density at radius 3 is 2.00 bits per heavy atom. The molecule has 0 bridgehead atoms. The second-order valence-corrected chi connectivity index (χ2v) is 8.54. The molecule has 1 amide bonds. The van der Waals surface area contributed by atoms with Crippen LogP contribution in [0.25, 0.3) is 11.1 Å². The zero-order chi connectivity index (χ0) is 20.1. The number of benzene rings is 3. The van der Waals surface area contributed by atoms with Gasteiger partial charge in [-0.2, -0.15) is 4.31 Å². The number of rotatable bonds is 6. The average molecular weight is 394 g/mol. The zero-order valence-corrected chi connectivity index (χ0v) is 16.6. The number of carbonyl (C=O) groups excluding carboxylic acids is 1. The molecule has 1 atom stereocenters. The molecule has 28 heavy (non-hydrogen) atoms. The number of sulfonamides is 1. The molecule has 0 aliphatic rings. The standard InChI is InChI=1S/C22H22N2O3S/c1-24(28(2,26)27)21(18-13-7-4-8-14-18)22(25)23-20-16-10-9-15-19(20)17-11-5-3-6-12-17/h3-16,21H,1-2H3,(H,23,25). The highest BCUT2D eigenvalue weighted by Gasteiger charge is 2.31. The Morgan fingerprint density at radius 2 is 1.39 bits per heavy atom. The van der Waals surface area contributed by atoms with Crippen LogP contribution in [0.5, 0.6) is 0 Å². The minimum Gasteiger partial charge on any atom is -0.324 e. The van der Waals surface area contributed by atoms with E-state index in [1.165, 1.54) is 7.05 Å². The number of likely N-dealkylation sites (N-methyl/N-ethyl adjacent to an activating group) is 1. The summed E-state index contributed by atoms with van der Waals surface area (Å²) < 4.78 is 25.4. The maximum Gasteiger partial charge on any atom is 0.247 e. The number of hydrogen-bond donors (Lipinski definition) is 1. The third-order valence-corrected chi connectivity index (χ3v) is 5.78. The lowest BCUT2D eigenvalue weighted by molar-refractivity contribution is -0.119. The van der Waals surface area contributed by atoms with Crippen molar-refractivity contribution < 1.29 is 13.2 Å². The fourth-order valence-electron chi connectivity index (χ4n) is 3.02. The Labute approximate surface area is 165 Å². The predicted octanol–water partition coefficient (Wildman–Crippen LogP) is 3.92. The molecule has 0 spiro atoms. The molecule has 5 nitrogen and oxygen atoms in total. The first-order chi connectivity index (χ1) is 13.4. The van der Waals surface area contributed by atoms with Gasteiger partial charge in [0.1, 0.15) is 6.04 Å². The second kappa shape index (κ2) is 8.37. The van der Waals surface area contributed by atoms with Gasteiger partial charge in [0.25, 0.3) is 0 Å². The van der Waals surface area contributed by atoms with Gasteiger partial charge in [0, 0.05) is 18.3 Å². The van der Waals surface area contributed by atoms with E-state index in [9.17, 15) is 13.2 Å². The van der Waals surface area contributed by atoms with Gasteiger partial charge in [-0.05, 0) is 17.2 Å². The molecule has 0 heterocycles. The quantitative estimate of drug-likeness (QED) is 0.689. The Morgan fingerprint density at radius 1 is 0.857 bits per heavy atom. The first-order valence-corrected chi connectivity index (χ1v) is 10.7. The van der Waals surface area contributed by atoms with Crippen LogP contribution in [-0.2, 0) is 14.8 Å². The van der Waals surface area contributed by atoms with Gasteiger partial charge in [-0.15, -0.1) is 0 Å². The van der Waals surface area contributed by atoms with Gasteiger partial charge in [0.15, 0.2) is 0 Å². The molecule has 3 aromatic rings. The molecule has 3 rings (SSSR count). The van der Waals surface area contributed by atoms with Crippen molar-refractivity contribution in [2.24, 2.45) is 0 Å². The minimum absolute atomic E-state index is 0.414. The first-order valence-electron chi connectivity index (χ1n) is 8.81. The molecule has 0 aliphatic carbocycles. The molecular formula is C22H22N2O3S. The van der Waals surface area contributed by atoms with E-state index in [0.29, 0.717) is 11.3 Å². The van der Waals surface area contributed by atoms with E-state index in [1.54, 1.807) is 24.3 Å². The number of nitrogens with zero attached hydrogens (tertiary/aromatic N) is 1. The average Bonchev–Trinajstić information content (AvgIpc) is 2.69. The van der Waals surface area contributed by atoms with Crippen LogP contribution in [0.15, 0.2) is 84.9 Å². The monoisotopic (exact) mass is 394 g/mol. The Bertz CT molecular complexity index is 1050. The van der Waals surface area contributed by atoms with Crippen LogP contribution in [0.4, 0.5) is 5.69 Å². The van der Waals surface area contributed by atoms with Crippen LogP contribution in [-0.4, -0.2) is 31.9 Å². The number of nitrogens with one attached hydrogen (secondary N) is 1. The summed E-state index contributed by atoms with van der Waals surface area (Å²) in [4.78, 5) is 13.2. The van der Waals surface area contributed by atoms with Gasteiger partial charge in [-0.1, -0.05) is 78.9 Å². The lowest BCUT2D eigenvalue weighted by Gasteiger charge is -2.26. The summed E-state index contributed by atoms with van der Waals surface area (Å²) in [7, 11) is -2.16. The highest BCUT2D eigenvalue weighted by Crippen LogP contribution is 2.30. The van der Waals surface area contributed by atoms with Crippen molar-refractivity contribution in [1.29, 1.82) is 0 Å². The normalized spacial score (nSPS) is 12.5. The number of anilines is 1. The molecule has 0 aromatic heterocycles. The maximum atomic E-state index is 13.2. The van der Waals surface area contributed by atoms with Gasteiger partial charge >= 0.3 is 0 Å². The van der Waals surface area contributed by atoms with Crippen LogP contribution in [0.2, 0.25) is 0 Å². The van der Waals surface area contributed by atoms with Crippen molar-refractivity contribution in [3.8, 4) is 11.1 Å². The topological polar surface area (TPSA) is 66.5 Å². The van der Waals surface area contributed by atoms with E-state index in [-0.39, 0.29) is 0 Å². The maximum absolute atomic E-state index is 13.2. The van der Waals surface area contributed by atoms with Crippen molar-refractivity contribution in [2.75, 3.05) is 18.6 Å². The number of para-hydroxylation sites is 1. The molecule has 0 fully saturated rings. The summed E-state index contributed by atoms with van der Waals surface area (Å²) in [5.41, 5.74) is 3.06. The van der Waals surface area contributed by atoms with Crippen molar-refractivity contribution in [3.63, 3.8) is 0 Å². The summed E-state index contributed by atoms with van der Waals surface area (Å²) in [5, 5.41) is 2.92. The van der Waals surface area contributed by atoms with Crippen molar-refractivity contribution in [3.05, 3.63) is 90.5 Å². The third-order valence-electron chi connectivity index (χ3n) is 4.52. The molecule has 144 valence electrons. The summed E-state index contributed by atoms with van der Waals surface area (Å²) in [5.74, 6) is -0.414. The van der Waals surface area contributed by atoms with Crippen LogP contribution < -0.4 is 5.32 Å². The van der Waals surface area contributed by atoms with Gasteiger partial charge in [0.05, 0.1) is 6.26 Å². The number of hydrogen-bond acceptors (Lipinski definition) is 3. The number of carbonyl (C=O) groups is 1. The first kappa shape index (κ1) is 19.8. The molecule has 0 saturated heterocycles. The van der Waals surface area contributed by atoms with Crippen LogP contribution in [0, 0.1) is 0 Å². The second-order valence-electron chi connectivity index (χ2n) is 6.49. The predicted molar refractivity (Wildman–Crippen MR) is 112 cm³/mol. The lowest BCUT2D eigenvalue weighted by Crippen LogP contribution is -2.38. The lowest BCUT2D eigenvalue weighted by atomic mass is 10.0. The Kier molecular flexibility index (Phi) is 5.92. The summed E-state index contributed by atoms with van der Waals surface area (Å²) >= 11 is 0. The van der Waals surface area contributed by atoms with E-state index in [1.807, 2.05) is 60.7 Å². The van der Waals surface area contributed by atoms with Crippen LogP contribution in [0.1, 0.15) is 11.6 Å². The molecule has 0 aliphatic heterocycles. The fraction of sp³-hybridized carbons (Fsp3) is 0.136. The molecule has 3 aromatic carbocycles. The largest absolute Gasteiger partial charge is 0.324 e. The molecular weight excluding hydrogens is 372 g/mol. The molecule has 6 heteroatoms. The van der Waals surface area contributed by atoms with Gasteiger partial charge < -0.3 is 5.32 Å². The summed E-state index contributed by atoms with van der Waals surface area (Å²) in [6.45, 7) is 0. The van der Waals surface area contributed by atoms with E-state index in [2.05, 4.69) is 5.32 Å². The summed E-state index contributed by atoms with van der Waals surface area (Å²) in [6, 6.07) is 25.1. The van der Waals surface area contributed by atoms with Crippen LogP contribution >= 0.6 is 0 Å². The molecule has 0 radical (unpaired) electrons.